The van der Waals surface area contributed by atoms with E-state index in [0.717, 1.165) is 38.4 Å². The molecule has 21 heavy (non-hydrogen) atoms. The summed E-state index contributed by atoms with van der Waals surface area (Å²) >= 11 is 0. The molecule has 1 aliphatic heterocycles. The highest BCUT2D eigenvalue weighted by atomic mass is 16.1. The number of hydrogen-bond acceptors (Lipinski definition) is 4. The van der Waals surface area contributed by atoms with Crippen LogP contribution in [0.3, 0.4) is 0 Å². The number of rotatable bonds is 6. The van der Waals surface area contributed by atoms with Crippen LogP contribution in [0.1, 0.15) is 25.6 Å². The van der Waals surface area contributed by atoms with Crippen molar-refractivity contribution >= 4 is 5.91 Å². The van der Waals surface area contributed by atoms with Gasteiger partial charge < -0.3 is 19.7 Å². The second kappa shape index (κ2) is 7.56. The average molecular weight is 293 g/mol. The Bertz CT molecular complexity index is 459. The van der Waals surface area contributed by atoms with Gasteiger partial charge >= 0.3 is 0 Å². The molecule has 0 saturated carbocycles. The molecule has 1 N–H and O–H groups in total. The van der Waals surface area contributed by atoms with Gasteiger partial charge in [-0.15, -0.1) is 0 Å². The molecule has 1 atom stereocenters. The molecule has 0 bridgehead atoms. The van der Waals surface area contributed by atoms with Gasteiger partial charge in [0.2, 0.25) is 5.91 Å². The molecule has 1 aromatic rings. The quantitative estimate of drug-likeness (QED) is 0.832. The fraction of sp³-hybridized carbons (Fsp3) is 0.733. The van der Waals surface area contributed by atoms with E-state index in [0.29, 0.717) is 19.0 Å². The summed E-state index contributed by atoms with van der Waals surface area (Å²) in [5.41, 5.74) is 0. The zero-order valence-corrected chi connectivity index (χ0v) is 13.4. The number of carbonyl (C=O) groups is 1. The van der Waals surface area contributed by atoms with Crippen LogP contribution < -0.4 is 5.32 Å². The fourth-order valence-electron chi connectivity index (χ4n) is 2.74. The van der Waals surface area contributed by atoms with Crippen molar-refractivity contribution in [2.24, 2.45) is 0 Å². The van der Waals surface area contributed by atoms with Gasteiger partial charge in [0.05, 0.1) is 6.54 Å². The molecule has 0 aromatic carbocycles. The number of amides is 1. The monoisotopic (exact) mass is 293 g/mol. The van der Waals surface area contributed by atoms with Gasteiger partial charge in [0, 0.05) is 51.0 Å². The van der Waals surface area contributed by atoms with Gasteiger partial charge in [-0.1, -0.05) is 6.92 Å². The number of nitrogens with zero attached hydrogens (tertiary/aromatic N) is 4. The molecule has 1 saturated heterocycles. The van der Waals surface area contributed by atoms with Crippen molar-refractivity contribution in [1.82, 2.24) is 24.7 Å². The molecular formula is C15H27N5O. The Morgan fingerprint density at radius 1 is 1.43 bits per heavy atom. The molecular weight excluding hydrogens is 266 g/mol. The third kappa shape index (κ3) is 4.54. The van der Waals surface area contributed by atoms with Crippen LogP contribution in [0.5, 0.6) is 0 Å². The maximum atomic E-state index is 12.1. The molecule has 1 aliphatic rings. The van der Waals surface area contributed by atoms with Crippen molar-refractivity contribution in [2.75, 3.05) is 33.7 Å². The van der Waals surface area contributed by atoms with E-state index >= 15 is 0 Å². The van der Waals surface area contributed by atoms with Crippen molar-refractivity contribution in [2.45, 2.75) is 38.9 Å². The fourth-order valence-corrected chi connectivity index (χ4v) is 2.74. The predicted octanol–water partition coefficient (Wildman–Crippen LogP) is 0.545. The van der Waals surface area contributed by atoms with Crippen LogP contribution in [0.15, 0.2) is 12.4 Å². The van der Waals surface area contributed by atoms with Gasteiger partial charge in [0.25, 0.3) is 0 Å². The molecule has 2 rings (SSSR count). The van der Waals surface area contributed by atoms with E-state index < -0.39 is 0 Å². The minimum Gasteiger partial charge on any atom is -0.349 e. The zero-order valence-electron chi connectivity index (χ0n) is 13.4. The molecule has 118 valence electrons. The number of likely N-dealkylation sites (N-methyl/N-ethyl adjacent to an activating group) is 2. The Hall–Kier alpha value is -1.40. The van der Waals surface area contributed by atoms with Crippen LogP contribution >= 0.6 is 0 Å². The number of piperazine rings is 1. The summed E-state index contributed by atoms with van der Waals surface area (Å²) in [6.45, 7) is 6.64. The maximum Gasteiger partial charge on any atom is 0.221 e. The molecule has 6 heteroatoms. The highest BCUT2D eigenvalue weighted by Gasteiger charge is 2.24. The highest BCUT2D eigenvalue weighted by Crippen LogP contribution is 2.09. The average Bonchev–Trinajstić information content (AvgIpc) is 2.88. The van der Waals surface area contributed by atoms with E-state index in [9.17, 15) is 4.79 Å². The van der Waals surface area contributed by atoms with Crippen LogP contribution in [-0.2, 0) is 17.9 Å². The summed E-state index contributed by atoms with van der Waals surface area (Å²) in [5.74, 6) is 1.03. The lowest BCUT2D eigenvalue weighted by Gasteiger charge is -2.37. The first kappa shape index (κ1) is 16.0. The van der Waals surface area contributed by atoms with Crippen LogP contribution in [0.25, 0.3) is 0 Å². The number of aromatic nitrogens is 2. The Morgan fingerprint density at radius 2 is 2.24 bits per heavy atom. The number of nitrogens with one attached hydrogen (secondary N) is 1. The third-order valence-electron chi connectivity index (χ3n) is 4.11. The van der Waals surface area contributed by atoms with Gasteiger partial charge in [-0.25, -0.2) is 4.98 Å². The van der Waals surface area contributed by atoms with Crippen molar-refractivity contribution in [1.29, 1.82) is 0 Å². The maximum absolute atomic E-state index is 12.1. The lowest BCUT2D eigenvalue weighted by molar-refractivity contribution is -0.122. The Labute approximate surface area is 127 Å². The normalized spacial score (nSPS) is 20.6. The van der Waals surface area contributed by atoms with Gasteiger partial charge in [0.15, 0.2) is 0 Å². The number of aryl methyl sites for hydroxylation is 1. The number of carbonyl (C=O) groups excluding carboxylic acids is 1. The lowest BCUT2D eigenvalue weighted by Crippen LogP contribution is -2.51. The first-order valence-corrected chi connectivity index (χ1v) is 7.75. The molecule has 1 fully saturated rings. The molecule has 0 spiro atoms. The van der Waals surface area contributed by atoms with E-state index in [-0.39, 0.29) is 5.91 Å². The van der Waals surface area contributed by atoms with Crippen molar-refractivity contribution < 1.29 is 4.79 Å². The van der Waals surface area contributed by atoms with Crippen molar-refractivity contribution in [3.63, 3.8) is 0 Å². The smallest absolute Gasteiger partial charge is 0.221 e. The summed E-state index contributed by atoms with van der Waals surface area (Å²) in [5, 5.41) is 3.00. The number of hydrogen-bond donors (Lipinski definition) is 1. The Kier molecular flexibility index (Phi) is 5.76. The molecule has 2 heterocycles. The minimum atomic E-state index is 0.105. The first-order valence-electron chi connectivity index (χ1n) is 7.75. The van der Waals surface area contributed by atoms with E-state index in [1.165, 1.54) is 0 Å². The predicted molar refractivity (Wildman–Crippen MR) is 82.9 cm³/mol. The highest BCUT2D eigenvalue weighted by molar-refractivity contribution is 5.76. The number of imidazole rings is 1. The lowest BCUT2D eigenvalue weighted by atomic mass is 10.1. The Morgan fingerprint density at radius 3 is 3.00 bits per heavy atom. The van der Waals surface area contributed by atoms with E-state index in [2.05, 4.69) is 45.7 Å². The van der Waals surface area contributed by atoms with Gasteiger partial charge in [-0.3, -0.25) is 4.79 Å². The second-order valence-corrected chi connectivity index (χ2v) is 5.91. The molecule has 6 nitrogen and oxygen atoms in total. The standard InChI is InChI=1S/C15H27N5O/c1-4-6-20-7-5-16-14(20)11-17-15(21)10-13-12-18(2)8-9-19(13)3/h5,7,13H,4,6,8-12H2,1-3H3,(H,17,21). The van der Waals surface area contributed by atoms with E-state index in [1.807, 2.05) is 6.20 Å². The van der Waals surface area contributed by atoms with E-state index in [1.54, 1.807) is 6.20 Å². The second-order valence-electron chi connectivity index (χ2n) is 5.91. The zero-order chi connectivity index (χ0) is 15.2. The molecule has 1 aromatic heterocycles. The van der Waals surface area contributed by atoms with E-state index in [4.69, 9.17) is 0 Å². The van der Waals surface area contributed by atoms with Crippen LogP contribution in [-0.4, -0.2) is 65.0 Å². The van der Waals surface area contributed by atoms with Crippen LogP contribution in [0.2, 0.25) is 0 Å². The molecule has 1 unspecified atom stereocenters. The van der Waals surface area contributed by atoms with Gasteiger partial charge in [0.1, 0.15) is 5.82 Å². The minimum absolute atomic E-state index is 0.105. The summed E-state index contributed by atoms with van der Waals surface area (Å²) in [4.78, 5) is 21.0. The SMILES string of the molecule is CCCn1ccnc1CNC(=O)CC1CN(C)CCN1C. The molecule has 1 amide bonds. The summed E-state index contributed by atoms with van der Waals surface area (Å²) in [6, 6.07) is 0.305. The topological polar surface area (TPSA) is 53.4 Å². The van der Waals surface area contributed by atoms with Crippen LogP contribution in [0.4, 0.5) is 0 Å². The van der Waals surface area contributed by atoms with Crippen LogP contribution in [0, 0.1) is 0 Å². The van der Waals surface area contributed by atoms with Crippen molar-refractivity contribution in [3.8, 4) is 0 Å². The summed E-state index contributed by atoms with van der Waals surface area (Å²) < 4.78 is 2.10. The van der Waals surface area contributed by atoms with Gasteiger partial charge in [-0.05, 0) is 20.5 Å². The molecule has 0 radical (unpaired) electrons. The Balaban J connectivity index is 1.80. The van der Waals surface area contributed by atoms with Crippen molar-refractivity contribution in [3.05, 3.63) is 18.2 Å². The largest absolute Gasteiger partial charge is 0.349 e. The summed E-state index contributed by atoms with van der Waals surface area (Å²) in [7, 11) is 4.21. The third-order valence-corrected chi connectivity index (χ3v) is 4.11. The molecule has 0 aliphatic carbocycles. The summed E-state index contributed by atoms with van der Waals surface area (Å²) in [6.07, 6.45) is 5.38. The van der Waals surface area contributed by atoms with Gasteiger partial charge in [-0.2, -0.15) is 0 Å². The first-order chi connectivity index (χ1) is 10.1.